The Morgan fingerprint density at radius 2 is 1.97 bits per heavy atom. The molecule has 3 heterocycles. The van der Waals surface area contributed by atoms with Crippen LogP contribution in [0.5, 0.6) is 0 Å². The Bertz CT molecular complexity index is 853. The highest BCUT2D eigenvalue weighted by Crippen LogP contribution is 2.26. The zero-order chi connectivity index (χ0) is 23.3. The van der Waals surface area contributed by atoms with Crippen LogP contribution < -0.4 is 9.62 Å². The van der Waals surface area contributed by atoms with Gasteiger partial charge in [0.15, 0.2) is 0 Å². The van der Waals surface area contributed by atoms with Crippen molar-refractivity contribution in [2.45, 2.75) is 76.8 Å². The third kappa shape index (κ3) is 6.76. The Labute approximate surface area is 190 Å². The van der Waals surface area contributed by atoms with Crippen LogP contribution in [0.2, 0.25) is 0 Å². The van der Waals surface area contributed by atoms with Crippen LogP contribution in [0.4, 0.5) is 10.7 Å². The third-order valence-electron chi connectivity index (χ3n) is 5.86. The molecule has 32 heavy (non-hydrogen) atoms. The maximum absolute atomic E-state index is 12.7. The van der Waals surface area contributed by atoms with E-state index >= 15 is 0 Å². The number of nitrogens with zero attached hydrogens (tertiary/aromatic N) is 4. The number of nitrogens with one attached hydrogen (secondary N) is 1. The first-order valence-corrected chi connectivity index (χ1v) is 13.1. The molecule has 0 spiro atoms. The molecule has 1 aromatic rings. The van der Waals surface area contributed by atoms with Gasteiger partial charge in [-0.05, 0) is 52.5 Å². The number of carbonyl (C=O) groups excluding carboxylic acids is 1. The molecule has 1 aromatic heterocycles. The van der Waals surface area contributed by atoms with E-state index in [1.165, 1.54) is 0 Å². The Hall–Kier alpha value is -1.98. The molecule has 2 aliphatic rings. The highest BCUT2D eigenvalue weighted by atomic mass is 32.2. The van der Waals surface area contributed by atoms with Crippen LogP contribution in [-0.2, 0) is 19.5 Å². The number of carbonyl (C=O) groups is 1. The van der Waals surface area contributed by atoms with Gasteiger partial charge in [0.05, 0.1) is 31.1 Å². The summed E-state index contributed by atoms with van der Waals surface area (Å²) in [6, 6.07) is 1.17. The normalized spacial score (nSPS) is 26.9. The van der Waals surface area contributed by atoms with Crippen LogP contribution in [-0.4, -0.2) is 85.7 Å². The van der Waals surface area contributed by atoms with E-state index in [1.807, 2.05) is 0 Å². The Morgan fingerprint density at radius 1 is 1.25 bits per heavy atom. The average molecular weight is 470 g/mol. The first-order valence-electron chi connectivity index (χ1n) is 11.2. The maximum atomic E-state index is 12.7. The standard InChI is InChI=1S/C21H35N5O5S/c1-15(2)31-21(27)26-11-5-7-18(24-32(4,28)29)19(26)14-30-17-8-12-25(16(3)13-17)20-22-9-6-10-23-20/h6,9-10,15-19,24H,5,7-8,11-14H2,1-4H3/t16-,17-,18-,19-/m0/s1. The monoisotopic (exact) mass is 469 g/mol. The van der Waals surface area contributed by atoms with E-state index in [4.69, 9.17) is 9.47 Å². The predicted octanol–water partition coefficient (Wildman–Crippen LogP) is 1.78. The van der Waals surface area contributed by atoms with Crippen LogP contribution >= 0.6 is 0 Å². The van der Waals surface area contributed by atoms with Crippen molar-refractivity contribution in [2.75, 3.05) is 30.9 Å². The molecule has 2 aliphatic heterocycles. The lowest BCUT2D eigenvalue weighted by molar-refractivity contribution is -0.0274. The Balaban J connectivity index is 1.65. The van der Waals surface area contributed by atoms with Gasteiger partial charge >= 0.3 is 6.09 Å². The van der Waals surface area contributed by atoms with Crippen molar-refractivity contribution in [3.05, 3.63) is 18.5 Å². The van der Waals surface area contributed by atoms with Crippen LogP contribution in [0.1, 0.15) is 46.5 Å². The molecule has 1 amide bonds. The molecule has 1 N–H and O–H groups in total. The highest BCUT2D eigenvalue weighted by Gasteiger charge is 2.38. The topological polar surface area (TPSA) is 114 Å². The summed E-state index contributed by atoms with van der Waals surface area (Å²) >= 11 is 0. The van der Waals surface area contributed by atoms with E-state index in [0.29, 0.717) is 25.3 Å². The number of rotatable bonds is 7. The van der Waals surface area contributed by atoms with Crippen molar-refractivity contribution < 1.29 is 22.7 Å². The van der Waals surface area contributed by atoms with E-state index in [1.54, 1.807) is 37.2 Å². The van der Waals surface area contributed by atoms with E-state index in [0.717, 1.165) is 25.6 Å². The molecule has 10 nitrogen and oxygen atoms in total. The van der Waals surface area contributed by atoms with Crippen molar-refractivity contribution in [1.82, 2.24) is 19.6 Å². The molecular formula is C21H35N5O5S. The number of ether oxygens (including phenoxy) is 2. The Morgan fingerprint density at radius 3 is 2.59 bits per heavy atom. The van der Waals surface area contributed by atoms with Gasteiger partial charge in [0, 0.05) is 37.6 Å². The fraction of sp³-hybridized carbons (Fsp3) is 0.762. The number of hydrogen-bond donors (Lipinski definition) is 1. The summed E-state index contributed by atoms with van der Waals surface area (Å²) in [4.78, 5) is 25.2. The molecule has 0 unspecified atom stereocenters. The quantitative estimate of drug-likeness (QED) is 0.643. The summed E-state index contributed by atoms with van der Waals surface area (Å²) in [5.41, 5.74) is 0. The van der Waals surface area contributed by atoms with Crippen LogP contribution in [0, 0.1) is 0 Å². The molecular weight excluding hydrogens is 434 g/mol. The third-order valence-corrected chi connectivity index (χ3v) is 6.59. The van der Waals surface area contributed by atoms with Crippen molar-refractivity contribution in [1.29, 1.82) is 0 Å². The Kier molecular flexibility index (Phi) is 8.29. The minimum atomic E-state index is -3.42. The van der Waals surface area contributed by atoms with E-state index < -0.39 is 28.2 Å². The maximum Gasteiger partial charge on any atom is 0.410 e. The summed E-state index contributed by atoms with van der Waals surface area (Å²) in [7, 11) is -3.42. The molecule has 0 bridgehead atoms. The molecule has 180 valence electrons. The zero-order valence-corrected chi connectivity index (χ0v) is 20.1. The van der Waals surface area contributed by atoms with E-state index in [-0.39, 0.29) is 24.9 Å². The van der Waals surface area contributed by atoms with Gasteiger partial charge in [-0.25, -0.2) is 27.9 Å². The second-order valence-corrected chi connectivity index (χ2v) is 10.7. The number of aromatic nitrogens is 2. The number of piperidine rings is 2. The summed E-state index contributed by atoms with van der Waals surface area (Å²) < 4.78 is 38.2. The lowest BCUT2D eigenvalue weighted by Crippen LogP contribution is -2.59. The van der Waals surface area contributed by atoms with Crippen LogP contribution in [0.25, 0.3) is 0 Å². The number of sulfonamides is 1. The molecule has 0 saturated carbocycles. The lowest BCUT2D eigenvalue weighted by atomic mass is 9.97. The second-order valence-electron chi connectivity index (χ2n) is 8.90. The minimum absolute atomic E-state index is 0.00809. The molecule has 0 radical (unpaired) electrons. The predicted molar refractivity (Wildman–Crippen MR) is 121 cm³/mol. The molecule has 2 saturated heterocycles. The van der Waals surface area contributed by atoms with Gasteiger partial charge in [0.25, 0.3) is 0 Å². The van der Waals surface area contributed by atoms with Crippen molar-refractivity contribution in [3.8, 4) is 0 Å². The molecule has 2 fully saturated rings. The molecule has 3 rings (SSSR count). The van der Waals surface area contributed by atoms with Crippen LogP contribution in [0.3, 0.4) is 0 Å². The van der Waals surface area contributed by atoms with Gasteiger partial charge < -0.3 is 19.3 Å². The van der Waals surface area contributed by atoms with Gasteiger partial charge in [0.2, 0.25) is 16.0 Å². The fourth-order valence-electron chi connectivity index (χ4n) is 4.42. The molecule has 4 atom stereocenters. The molecule has 11 heteroatoms. The zero-order valence-electron chi connectivity index (χ0n) is 19.3. The van der Waals surface area contributed by atoms with Crippen molar-refractivity contribution in [2.24, 2.45) is 0 Å². The first kappa shape index (κ1) is 24.7. The van der Waals surface area contributed by atoms with Crippen LogP contribution in [0.15, 0.2) is 18.5 Å². The number of hydrogen-bond acceptors (Lipinski definition) is 8. The summed E-state index contributed by atoms with van der Waals surface area (Å²) in [5, 5.41) is 0. The fourth-order valence-corrected chi connectivity index (χ4v) is 5.25. The largest absolute Gasteiger partial charge is 0.447 e. The first-order chi connectivity index (χ1) is 15.1. The molecule has 0 aliphatic carbocycles. The van der Waals surface area contributed by atoms with Crippen molar-refractivity contribution in [3.63, 3.8) is 0 Å². The van der Waals surface area contributed by atoms with Crippen molar-refractivity contribution >= 4 is 22.1 Å². The lowest BCUT2D eigenvalue weighted by Gasteiger charge is -2.42. The van der Waals surface area contributed by atoms with Gasteiger partial charge in [0.1, 0.15) is 0 Å². The molecule has 0 aromatic carbocycles. The average Bonchev–Trinajstić information content (AvgIpc) is 2.71. The summed E-state index contributed by atoms with van der Waals surface area (Å²) in [5.74, 6) is 0.714. The number of anilines is 1. The van der Waals surface area contributed by atoms with Gasteiger partial charge in [-0.2, -0.15) is 0 Å². The SMILES string of the molecule is CC(C)OC(=O)N1CCC[C@H](NS(C)(=O)=O)[C@@H]1CO[C@H]1CCN(c2ncccn2)[C@@H](C)C1. The number of amides is 1. The summed E-state index contributed by atoms with van der Waals surface area (Å²) in [6.45, 7) is 7.25. The van der Waals surface area contributed by atoms with E-state index in [9.17, 15) is 13.2 Å². The highest BCUT2D eigenvalue weighted by molar-refractivity contribution is 7.88. The smallest absolute Gasteiger partial charge is 0.410 e. The minimum Gasteiger partial charge on any atom is -0.447 e. The van der Waals surface area contributed by atoms with Gasteiger partial charge in [-0.3, -0.25) is 0 Å². The summed E-state index contributed by atoms with van der Waals surface area (Å²) in [6.07, 6.45) is 6.88. The number of likely N-dealkylation sites (tertiary alicyclic amines) is 1. The van der Waals surface area contributed by atoms with Gasteiger partial charge in [-0.1, -0.05) is 0 Å². The van der Waals surface area contributed by atoms with E-state index in [2.05, 4.69) is 26.5 Å². The van der Waals surface area contributed by atoms with Gasteiger partial charge in [-0.15, -0.1) is 0 Å². The second kappa shape index (κ2) is 10.8.